The van der Waals surface area contributed by atoms with Crippen LogP contribution in [0.1, 0.15) is 104 Å². The number of hydroxylamine groups is 1. The van der Waals surface area contributed by atoms with Crippen LogP contribution in [0.15, 0.2) is 24.3 Å². The third-order valence-electron chi connectivity index (χ3n) is 9.92. The Labute approximate surface area is 292 Å². The standard InChI is InChI=1S/C36H49ClFN5O6/c1-5-10-25(30(45)33(47)39-22-15-16-22)40-32(46)27-19-36(18-26(42-49-36)23-13-9-14-24(37)29(23)38)20-43(27)34(48)31(35(2,3)4)41-28(44)17-21-11-7-6-8-12-21/h9,13-14,18,21-22,25,27,31,42H,5-8,10-12,15-17,19-20H2,1-4H3,(H,39,47)(H,40,46)(H,41,44)/t25-,27-,31+,36+/m0/s1. The van der Waals surface area contributed by atoms with Crippen LogP contribution in [0.5, 0.6) is 0 Å². The molecule has 4 N–H and O–H groups in total. The quantitative estimate of drug-likeness (QED) is 0.238. The average Bonchev–Trinajstić information content (AvgIpc) is 3.65. The summed E-state index contributed by atoms with van der Waals surface area (Å²) in [4.78, 5) is 75.2. The number of amides is 4. The SMILES string of the molecule is CCC[C@H](NC(=O)[C@@H]1C[C@]2(C=C(c3cccc(Cl)c3F)NO2)CN1C(=O)[C@@H](NC(=O)CC1CCCCC1)C(C)(C)C)C(=O)C(=O)NC1CC1. The van der Waals surface area contributed by atoms with Crippen LogP contribution >= 0.6 is 11.6 Å². The monoisotopic (exact) mass is 701 g/mol. The first kappa shape index (κ1) is 36.8. The Morgan fingerprint density at radius 2 is 1.80 bits per heavy atom. The van der Waals surface area contributed by atoms with E-state index in [0.29, 0.717) is 12.8 Å². The lowest BCUT2D eigenvalue weighted by Crippen LogP contribution is -2.59. The summed E-state index contributed by atoms with van der Waals surface area (Å²) < 4.78 is 15.0. The lowest BCUT2D eigenvalue weighted by molar-refractivity contribution is -0.145. The van der Waals surface area contributed by atoms with E-state index in [2.05, 4.69) is 21.4 Å². The molecule has 3 fully saturated rings. The van der Waals surface area contributed by atoms with E-state index in [4.69, 9.17) is 16.4 Å². The van der Waals surface area contributed by atoms with Crippen molar-refractivity contribution < 1.29 is 33.2 Å². The summed E-state index contributed by atoms with van der Waals surface area (Å²) >= 11 is 6.04. The maximum atomic E-state index is 15.0. The molecule has 1 aromatic carbocycles. The van der Waals surface area contributed by atoms with Crippen molar-refractivity contribution in [2.24, 2.45) is 11.3 Å². The second-order valence-corrected chi connectivity index (χ2v) is 15.6. The summed E-state index contributed by atoms with van der Waals surface area (Å²) in [5, 5.41) is 8.35. The van der Waals surface area contributed by atoms with Crippen LogP contribution in [0.2, 0.25) is 5.02 Å². The Hall–Kier alpha value is -3.51. The molecule has 13 heteroatoms. The van der Waals surface area contributed by atoms with Gasteiger partial charge in [0.2, 0.25) is 23.5 Å². The van der Waals surface area contributed by atoms with Crippen LogP contribution in [0.3, 0.4) is 0 Å². The Morgan fingerprint density at radius 3 is 2.45 bits per heavy atom. The Balaban J connectivity index is 1.42. The molecule has 4 aliphatic rings. The topological polar surface area (TPSA) is 146 Å². The largest absolute Gasteiger partial charge is 0.347 e. The number of halogens is 2. The Morgan fingerprint density at radius 1 is 1.08 bits per heavy atom. The van der Waals surface area contributed by atoms with Gasteiger partial charge < -0.3 is 20.9 Å². The number of carbonyl (C=O) groups excluding carboxylic acids is 5. The predicted molar refractivity (Wildman–Crippen MR) is 182 cm³/mol. The highest BCUT2D eigenvalue weighted by atomic mass is 35.5. The molecule has 5 rings (SSSR count). The van der Waals surface area contributed by atoms with Gasteiger partial charge in [-0.25, -0.2) is 4.39 Å². The lowest BCUT2D eigenvalue weighted by atomic mass is 9.84. The molecule has 1 aromatic rings. The normalized spacial score (nSPS) is 23.8. The van der Waals surface area contributed by atoms with Gasteiger partial charge >= 0.3 is 0 Å². The van der Waals surface area contributed by atoms with Gasteiger partial charge in [0.05, 0.1) is 23.3 Å². The molecule has 0 aromatic heterocycles. The van der Waals surface area contributed by atoms with Gasteiger partial charge in [-0.2, -0.15) is 0 Å². The Bertz CT molecular complexity index is 1490. The zero-order chi connectivity index (χ0) is 35.5. The van der Waals surface area contributed by atoms with Gasteiger partial charge in [0.1, 0.15) is 17.7 Å². The van der Waals surface area contributed by atoms with Gasteiger partial charge in [-0.3, -0.25) is 34.3 Å². The minimum Gasteiger partial charge on any atom is -0.347 e. The summed E-state index contributed by atoms with van der Waals surface area (Å²) in [7, 11) is 0. The van der Waals surface area contributed by atoms with Gasteiger partial charge in [0.25, 0.3) is 5.91 Å². The van der Waals surface area contributed by atoms with Crippen molar-refractivity contribution in [2.45, 2.75) is 128 Å². The molecule has 4 atom stereocenters. The maximum Gasteiger partial charge on any atom is 0.289 e. The number of likely N-dealkylation sites (tertiary alicyclic amines) is 1. The lowest BCUT2D eigenvalue weighted by Gasteiger charge is -2.36. The summed E-state index contributed by atoms with van der Waals surface area (Å²) in [6.45, 7) is 7.29. The number of hydrogen-bond acceptors (Lipinski definition) is 7. The summed E-state index contributed by atoms with van der Waals surface area (Å²) in [6.07, 6.45) is 9.56. The van der Waals surface area contributed by atoms with E-state index in [1.165, 1.54) is 17.0 Å². The third kappa shape index (κ3) is 8.81. The molecule has 2 aliphatic carbocycles. The number of hydrogen-bond donors (Lipinski definition) is 4. The van der Waals surface area contributed by atoms with Crippen LogP contribution in [0, 0.1) is 17.2 Å². The molecule has 2 saturated carbocycles. The van der Waals surface area contributed by atoms with Crippen LogP contribution in [-0.4, -0.2) is 70.6 Å². The van der Waals surface area contributed by atoms with E-state index in [-0.39, 0.29) is 53.5 Å². The molecule has 49 heavy (non-hydrogen) atoms. The summed E-state index contributed by atoms with van der Waals surface area (Å²) in [5.41, 5.74) is 1.24. The van der Waals surface area contributed by atoms with Crippen molar-refractivity contribution in [3.8, 4) is 0 Å². The molecule has 1 saturated heterocycles. The van der Waals surface area contributed by atoms with Crippen molar-refractivity contribution in [3.05, 3.63) is 40.7 Å². The second kappa shape index (κ2) is 15.2. The average molecular weight is 702 g/mol. The number of rotatable bonds is 12. The zero-order valence-corrected chi connectivity index (χ0v) is 29.6. The molecular weight excluding hydrogens is 653 g/mol. The number of ketones is 1. The van der Waals surface area contributed by atoms with Crippen molar-refractivity contribution in [1.82, 2.24) is 26.3 Å². The molecule has 0 bridgehead atoms. The van der Waals surface area contributed by atoms with Crippen molar-refractivity contribution in [2.75, 3.05) is 6.54 Å². The fourth-order valence-electron chi connectivity index (χ4n) is 7.02. The van der Waals surface area contributed by atoms with Gasteiger partial charge in [-0.05, 0) is 61.6 Å². The van der Waals surface area contributed by atoms with Gasteiger partial charge in [-0.1, -0.05) is 71.0 Å². The molecule has 268 valence electrons. The van der Waals surface area contributed by atoms with E-state index in [9.17, 15) is 24.0 Å². The first-order valence-corrected chi connectivity index (χ1v) is 18.0. The zero-order valence-electron chi connectivity index (χ0n) is 28.8. The molecule has 1 spiro atoms. The van der Waals surface area contributed by atoms with E-state index in [0.717, 1.165) is 44.9 Å². The highest BCUT2D eigenvalue weighted by Gasteiger charge is 2.54. The van der Waals surface area contributed by atoms with Crippen molar-refractivity contribution >= 4 is 46.7 Å². The van der Waals surface area contributed by atoms with Crippen LogP contribution in [-0.2, 0) is 28.8 Å². The molecular formula is C36H49ClFN5O6. The second-order valence-electron chi connectivity index (χ2n) is 15.2. The van der Waals surface area contributed by atoms with E-state index in [1.807, 2.05) is 27.7 Å². The smallest absolute Gasteiger partial charge is 0.289 e. The maximum absolute atomic E-state index is 15.0. The number of nitrogens with one attached hydrogen (secondary N) is 4. The number of Topliss-reactive ketones (excluding diaryl/α,β-unsaturated/α-hetero) is 1. The minimum atomic E-state index is -1.25. The van der Waals surface area contributed by atoms with Crippen LogP contribution < -0.4 is 21.4 Å². The summed E-state index contributed by atoms with van der Waals surface area (Å²) in [5.74, 6) is -3.21. The minimum absolute atomic E-state index is 0.0303. The highest BCUT2D eigenvalue weighted by molar-refractivity contribution is 6.38. The molecule has 0 radical (unpaired) electrons. The predicted octanol–water partition coefficient (Wildman–Crippen LogP) is 4.33. The Kier molecular flexibility index (Phi) is 11.4. The van der Waals surface area contributed by atoms with Gasteiger partial charge in [0.15, 0.2) is 5.82 Å². The van der Waals surface area contributed by atoms with Gasteiger partial charge in [-0.15, -0.1) is 0 Å². The van der Waals surface area contributed by atoms with Crippen molar-refractivity contribution in [1.29, 1.82) is 0 Å². The first-order valence-electron chi connectivity index (χ1n) is 17.6. The molecule has 4 amide bonds. The number of carbonyl (C=O) groups is 5. The molecule has 2 heterocycles. The fourth-order valence-corrected chi connectivity index (χ4v) is 7.20. The highest BCUT2D eigenvalue weighted by Crippen LogP contribution is 2.40. The fraction of sp³-hybridized carbons (Fsp3) is 0.639. The molecule has 11 nitrogen and oxygen atoms in total. The van der Waals surface area contributed by atoms with Gasteiger partial charge in [0, 0.05) is 24.4 Å². The third-order valence-corrected chi connectivity index (χ3v) is 10.2. The van der Waals surface area contributed by atoms with Crippen LogP contribution in [0.4, 0.5) is 4.39 Å². The molecule has 2 aliphatic heterocycles. The van der Waals surface area contributed by atoms with E-state index < -0.39 is 58.5 Å². The molecule has 0 unspecified atom stereocenters. The van der Waals surface area contributed by atoms with E-state index in [1.54, 1.807) is 12.1 Å². The first-order chi connectivity index (χ1) is 23.2. The van der Waals surface area contributed by atoms with E-state index >= 15 is 4.39 Å². The summed E-state index contributed by atoms with van der Waals surface area (Å²) in [6, 6.07) is 1.34. The van der Waals surface area contributed by atoms with Crippen molar-refractivity contribution in [3.63, 3.8) is 0 Å². The number of nitrogens with zero attached hydrogens (tertiary/aromatic N) is 1. The van der Waals surface area contributed by atoms with Crippen LogP contribution in [0.25, 0.3) is 5.70 Å². The number of benzene rings is 1.